The van der Waals surface area contributed by atoms with E-state index < -0.39 is 20.7 Å². The summed E-state index contributed by atoms with van der Waals surface area (Å²) in [5.74, 6) is 0. The topological polar surface area (TPSA) is 63.6 Å². The zero-order chi connectivity index (χ0) is 12.7. The van der Waals surface area contributed by atoms with Gasteiger partial charge < -0.3 is 9.84 Å². The number of ether oxygens (including phenoxy) is 1. The van der Waals surface area contributed by atoms with Crippen molar-refractivity contribution in [1.29, 1.82) is 0 Å². The number of aliphatic hydroxyl groups is 1. The number of benzene rings is 1. The SMILES string of the molecule is CC(C)(O)c1ccc(S(=O)(=O)C2COC2)cc1. The highest BCUT2D eigenvalue weighted by molar-refractivity contribution is 7.92. The van der Waals surface area contributed by atoms with Gasteiger partial charge in [0.1, 0.15) is 5.25 Å². The largest absolute Gasteiger partial charge is 0.386 e. The van der Waals surface area contributed by atoms with Crippen LogP contribution in [0.3, 0.4) is 0 Å². The summed E-state index contributed by atoms with van der Waals surface area (Å²) < 4.78 is 29.0. The highest BCUT2D eigenvalue weighted by Crippen LogP contribution is 2.25. The maximum atomic E-state index is 12.0. The Morgan fingerprint density at radius 1 is 1.24 bits per heavy atom. The number of rotatable bonds is 3. The van der Waals surface area contributed by atoms with Crippen molar-refractivity contribution in [1.82, 2.24) is 0 Å². The quantitative estimate of drug-likeness (QED) is 0.879. The lowest BCUT2D eigenvalue weighted by Crippen LogP contribution is -2.40. The molecule has 1 heterocycles. The second kappa shape index (κ2) is 4.08. The molecule has 0 amide bonds. The number of hydrogen-bond donors (Lipinski definition) is 1. The van der Waals surface area contributed by atoms with Crippen LogP contribution in [-0.2, 0) is 20.2 Å². The van der Waals surface area contributed by atoms with E-state index in [0.717, 1.165) is 0 Å². The van der Waals surface area contributed by atoms with Crippen molar-refractivity contribution < 1.29 is 18.3 Å². The second-order valence-electron chi connectivity index (χ2n) is 4.79. The van der Waals surface area contributed by atoms with Gasteiger partial charge in [-0.3, -0.25) is 0 Å². The molecule has 1 fully saturated rings. The summed E-state index contributed by atoms with van der Waals surface area (Å²) in [6, 6.07) is 6.38. The zero-order valence-corrected chi connectivity index (χ0v) is 10.7. The summed E-state index contributed by atoms with van der Waals surface area (Å²) in [5, 5.41) is 9.36. The van der Waals surface area contributed by atoms with Crippen molar-refractivity contribution in [2.24, 2.45) is 0 Å². The normalized spacial score (nSPS) is 17.8. The van der Waals surface area contributed by atoms with Gasteiger partial charge in [-0.05, 0) is 31.5 Å². The summed E-state index contributed by atoms with van der Waals surface area (Å²) in [6.07, 6.45) is 0. The fourth-order valence-corrected chi connectivity index (χ4v) is 3.09. The van der Waals surface area contributed by atoms with Gasteiger partial charge in [-0.1, -0.05) is 12.1 Å². The summed E-state index contributed by atoms with van der Waals surface area (Å²) in [6.45, 7) is 3.87. The van der Waals surface area contributed by atoms with Gasteiger partial charge in [0, 0.05) is 0 Å². The molecule has 17 heavy (non-hydrogen) atoms. The molecule has 94 valence electrons. The molecule has 1 N–H and O–H groups in total. The average Bonchev–Trinajstić information content (AvgIpc) is 2.13. The van der Waals surface area contributed by atoms with Crippen molar-refractivity contribution in [2.45, 2.75) is 29.6 Å². The summed E-state index contributed by atoms with van der Waals surface area (Å²) >= 11 is 0. The van der Waals surface area contributed by atoms with Crippen LogP contribution in [0.15, 0.2) is 29.2 Å². The highest BCUT2D eigenvalue weighted by Gasteiger charge is 2.33. The molecule has 0 unspecified atom stereocenters. The van der Waals surface area contributed by atoms with E-state index in [-0.39, 0.29) is 13.2 Å². The monoisotopic (exact) mass is 256 g/mol. The Labute approximate surface area is 101 Å². The smallest absolute Gasteiger partial charge is 0.185 e. The van der Waals surface area contributed by atoms with Crippen LogP contribution < -0.4 is 0 Å². The third-order valence-corrected chi connectivity index (χ3v) is 5.01. The van der Waals surface area contributed by atoms with E-state index in [1.54, 1.807) is 38.1 Å². The number of hydrogen-bond acceptors (Lipinski definition) is 4. The molecule has 0 spiro atoms. The summed E-state index contributed by atoms with van der Waals surface area (Å²) in [7, 11) is -3.27. The zero-order valence-electron chi connectivity index (χ0n) is 9.88. The first-order valence-electron chi connectivity index (χ1n) is 5.46. The minimum Gasteiger partial charge on any atom is -0.386 e. The molecule has 0 aromatic heterocycles. The highest BCUT2D eigenvalue weighted by atomic mass is 32.2. The Morgan fingerprint density at radius 2 is 1.76 bits per heavy atom. The molecule has 1 aliphatic heterocycles. The molecule has 4 nitrogen and oxygen atoms in total. The van der Waals surface area contributed by atoms with Gasteiger partial charge in [-0.15, -0.1) is 0 Å². The Balaban J connectivity index is 2.29. The molecule has 1 saturated heterocycles. The van der Waals surface area contributed by atoms with Crippen LogP contribution in [0.1, 0.15) is 19.4 Å². The molecule has 1 aromatic carbocycles. The first-order valence-corrected chi connectivity index (χ1v) is 7.01. The van der Waals surface area contributed by atoms with Crippen molar-refractivity contribution in [3.05, 3.63) is 29.8 Å². The number of sulfone groups is 1. The van der Waals surface area contributed by atoms with Crippen LogP contribution in [-0.4, -0.2) is 32.0 Å². The molecule has 1 aliphatic rings. The van der Waals surface area contributed by atoms with Crippen molar-refractivity contribution >= 4 is 9.84 Å². The molecule has 0 saturated carbocycles. The standard InChI is InChI=1S/C12H16O4S/c1-12(2,13)9-3-5-10(6-4-9)17(14,15)11-7-16-8-11/h3-6,11,13H,7-8H2,1-2H3. The van der Waals surface area contributed by atoms with Crippen molar-refractivity contribution in [3.8, 4) is 0 Å². The average molecular weight is 256 g/mol. The molecule has 0 atom stereocenters. The minimum atomic E-state index is -3.27. The predicted molar refractivity (Wildman–Crippen MR) is 63.5 cm³/mol. The maximum absolute atomic E-state index is 12.0. The lowest BCUT2D eigenvalue weighted by molar-refractivity contribution is 0.0416. The van der Waals surface area contributed by atoms with Gasteiger partial charge in [0.25, 0.3) is 0 Å². The van der Waals surface area contributed by atoms with Gasteiger partial charge in [-0.2, -0.15) is 0 Å². The molecule has 1 aromatic rings. The van der Waals surface area contributed by atoms with Crippen LogP contribution in [0.5, 0.6) is 0 Å². The van der Waals surface area contributed by atoms with E-state index >= 15 is 0 Å². The lowest BCUT2D eigenvalue weighted by Gasteiger charge is -2.26. The van der Waals surface area contributed by atoms with Crippen LogP contribution in [0, 0.1) is 0 Å². The summed E-state index contributed by atoms with van der Waals surface area (Å²) in [5.41, 5.74) is -0.261. The molecule has 0 aliphatic carbocycles. The predicted octanol–water partition coefficient (Wildman–Crippen LogP) is 1.09. The molecule has 0 radical (unpaired) electrons. The molecule has 5 heteroatoms. The van der Waals surface area contributed by atoms with E-state index in [1.807, 2.05) is 0 Å². The third-order valence-electron chi connectivity index (χ3n) is 2.94. The fourth-order valence-electron chi connectivity index (χ4n) is 1.64. The van der Waals surface area contributed by atoms with E-state index in [4.69, 9.17) is 4.74 Å². The van der Waals surface area contributed by atoms with Gasteiger partial charge >= 0.3 is 0 Å². The summed E-state index contributed by atoms with van der Waals surface area (Å²) in [4.78, 5) is 0.291. The van der Waals surface area contributed by atoms with Crippen LogP contribution in [0.2, 0.25) is 0 Å². The molecular weight excluding hydrogens is 240 g/mol. The van der Waals surface area contributed by atoms with E-state index in [2.05, 4.69) is 0 Å². The fraction of sp³-hybridized carbons (Fsp3) is 0.500. The molecule has 0 bridgehead atoms. The van der Waals surface area contributed by atoms with Gasteiger partial charge in [0.2, 0.25) is 0 Å². The van der Waals surface area contributed by atoms with Crippen molar-refractivity contribution in [3.63, 3.8) is 0 Å². The first-order chi connectivity index (χ1) is 7.82. The van der Waals surface area contributed by atoms with E-state index in [1.165, 1.54) is 0 Å². The Bertz CT molecular complexity index is 492. The first kappa shape index (κ1) is 12.5. The maximum Gasteiger partial charge on any atom is 0.185 e. The van der Waals surface area contributed by atoms with E-state index in [0.29, 0.717) is 10.5 Å². The van der Waals surface area contributed by atoms with E-state index in [9.17, 15) is 13.5 Å². The Hall–Kier alpha value is -0.910. The Morgan fingerprint density at radius 3 is 2.12 bits per heavy atom. The molecular formula is C12H16O4S. The van der Waals surface area contributed by atoms with Crippen LogP contribution in [0.4, 0.5) is 0 Å². The van der Waals surface area contributed by atoms with Crippen LogP contribution >= 0.6 is 0 Å². The van der Waals surface area contributed by atoms with Crippen LogP contribution in [0.25, 0.3) is 0 Å². The Kier molecular flexibility index (Phi) is 3.01. The van der Waals surface area contributed by atoms with Gasteiger partial charge in [-0.25, -0.2) is 8.42 Å². The minimum absolute atomic E-state index is 0.273. The third kappa shape index (κ3) is 2.36. The molecule has 2 rings (SSSR count). The van der Waals surface area contributed by atoms with Gasteiger partial charge in [0.15, 0.2) is 9.84 Å². The van der Waals surface area contributed by atoms with Crippen molar-refractivity contribution in [2.75, 3.05) is 13.2 Å². The lowest BCUT2D eigenvalue weighted by atomic mass is 9.99. The second-order valence-corrected chi connectivity index (χ2v) is 7.02. The van der Waals surface area contributed by atoms with Gasteiger partial charge in [0.05, 0.1) is 23.7 Å².